The van der Waals surface area contributed by atoms with E-state index < -0.39 is 6.10 Å². The zero-order chi connectivity index (χ0) is 15.7. The maximum absolute atomic E-state index is 12.7. The van der Waals surface area contributed by atoms with Crippen LogP contribution in [0.3, 0.4) is 0 Å². The number of thiazole rings is 1. The van der Waals surface area contributed by atoms with Crippen molar-refractivity contribution in [1.82, 2.24) is 19.7 Å². The highest BCUT2D eigenvalue weighted by Crippen LogP contribution is 2.28. The Labute approximate surface area is 133 Å². The Morgan fingerprint density at radius 2 is 2.27 bits per heavy atom. The summed E-state index contributed by atoms with van der Waals surface area (Å²) in [5.74, 6) is -0.0294. The fraction of sp³-hybridized carbons (Fsp3) is 0.533. The van der Waals surface area contributed by atoms with Gasteiger partial charge in [-0.15, -0.1) is 11.3 Å². The van der Waals surface area contributed by atoms with Gasteiger partial charge < -0.3 is 10.0 Å². The van der Waals surface area contributed by atoms with Crippen molar-refractivity contribution in [1.29, 1.82) is 0 Å². The summed E-state index contributed by atoms with van der Waals surface area (Å²) >= 11 is 1.38. The summed E-state index contributed by atoms with van der Waals surface area (Å²) < 4.78 is 1.71. The van der Waals surface area contributed by atoms with Crippen molar-refractivity contribution < 1.29 is 9.90 Å². The molecule has 1 fully saturated rings. The predicted octanol–water partition coefficient (Wildman–Crippen LogP) is 1.92. The Morgan fingerprint density at radius 3 is 2.95 bits per heavy atom. The van der Waals surface area contributed by atoms with Gasteiger partial charge in [0.2, 0.25) is 0 Å². The van der Waals surface area contributed by atoms with Crippen LogP contribution in [0.25, 0.3) is 10.6 Å². The molecule has 0 bridgehead atoms. The monoisotopic (exact) mass is 320 g/mol. The number of carbonyl (C=O) groups is 1. The number of aromatic nitrogens is 3. The fourth-order valence-electron chi connectivity index (χ4n) is 2.89. The first kappa shape index (κ1) is 15.2. The highest BCUT2D eigenvalue weighted by Gasteiger charge is 2.31. The molecular weight excluding hydrogens is 300 g/mol. The third-order valence-corrected chi connectivity index (χ3v) is 5.07. The van der Waals surface area contributed by atoms with Crippen LogP contribution in [0.2, 0.25) is 0 Å². The summed E-state index contributed by atoms with van der Waals surface area (Å²) in [6, 6.07) is -0.0924. The molecule has 118 valence electrons. The van der Waals surface area contributed by atoms with Gasteiger partial charge in [-0.1, -0.05) is 0 Å². The molecule has 7 heteroatoms. The molecule has 1 aliphatic heterocycles. The molecule has 0 radical (unpaired) electrons. The molecule has 0 spiro atoms. The van der Waals surface area contributed by atoms with E-state index in [-0.39, 0.29) is 11.9 Å². The zero-order valence-electron chi connectivity index (χ0n) is 12.8. The van der Waals surface area contributed by atoms with Crippen molar-refractivity contribution >= 4 is 17.2 Å². The Kier molecular flexibility index (Phi) is 4.26. The summed E-state index contributed by atoms with van der Waals surface area (Å²) in [6.07, 6.45) is 7.65. The van der Waals surface area contributed by atoms with Crippen LogP contribution in [0.15, 0.2) is 18.6 Å². The summed E-state index contributed by atoms with van der Waals surface area (Å²) in [5.41, 5.74) is 0.914. The summed E-state index contributed by atoms with van der Waals surface area (Å²) in [7, 11) is 1.85. The SMILES string of the molecule is CC(O)C1CCCCN1C(=O)c1cnc(-c2cnn(C)c2)s1. The van der Waals surface area contributed by atoms with Gasteiger partial charge in [0.1, 0.15) is 9.88 Å². The van der Waals surface area contributed by atoms with Crippen molar-refractivity contribution in [2.24, 2.45) is 7.05 Å². The normalized spacial score (nSPS) is 20.1. The van der Waals surface area contributed by atoms with E-state index in [1.165, 1.54) is 11.3 Å². The average Bonchev–Trinajstić information content (AvgIpc) is 3.15. The van der Waals surface area contributed by atoms with Gasteiger partial charge in [-0.2, -0.15) is 5.10 Å². The lowest BCUT2D eigenvalue weighted by atomic mass is 9.98. The van der Waals surface area contributed by atoms with E-state index in [0.717, 1.165) is 29.8 Å². The number of piperidine rings is 1. The number of aliphatic hydroxyl groups is 1. The quantitative estimate of drug-likeness (QED) is 0.938. The minimum absolute atomic E-state index is 0.0294. The molecule has 1 aliphatic rings. The molecule has 0 aromatic carbocycles. The van der Waals surface area contributed by atoms with Crippen LogP contribution in [-0.2, 0) is 7.05 Å². The molecule has 3 rings (SSSR count). The Balaban J connectivity index is 1.81. The lowest BCUT2D eigenvalue weighted by Crippen LogP contribution is -2.48. The summed E-state index contributed by atoms with van der Waals surface area (Å²) in [6.45, 7) is 2.46. The molecule has 2 unspecified atom stereocenters. The second-order valence-electron chi connectivity index (χ2n) is 5.73. The minimum Gasteiger partial charge on any atom is -0.391 e. The van der Waals surface area contributed by atoms with Crippen molar-refractivity contribution in [3.63, 3.8) is 0 Å². The first-order chi connectivity index (χ1) is 10.6. The molecule has 1 N–H and O–H groups in total. The third kappa shape index (κ3) is 2.91. The number of hydrogen-bond donors (Lipinski definition) is 1. The number of carbonyl (C=O) groups excluding carboxylic acids is 1. The number of rotatable bonds is 3. The number of aryl methyl sites for hydroxylation is 1. The van der Waals surface area contributed by atoms with Crippen LogP contribution >= 0.6 is 11.3 Å². The maximum Gasteiger partial charge on any atom is 0.265 e. The van der Waals surface area contributed by atoms with E-state index in [9.17, 15) is 9.90 Å². The molecule has 2 aromatic heterocycles. The number of hydrogen-bond acceptors (Lipinski definition) is 5. The van der Waals surface area contributed by atoms with Crippen LogP contribution in [0.4, 0.5) is 0 Å². The van der Waals surface area contributed by atoms with Gasteiger partial charge in [-0.25, -0.2) is 4.98 Å². The molecule has 3 heterocycles. The maximum atomic E-state index is 12.7. The van der Waals surface area contributed by atoms with Crippen LogP contribution in [-0.4, -0.2) is 49.4 Å². The van der Waals surface area contributed by atoms with Gasteiger partial charge in [0.15, 0.2) is 0 Å². The Bertz CT molecular complexity index is 664. The molecule has 1 amide bonds. The molecule has 0 aliphatic carbocycles. The lowest BCUT2D eigenvalue weighted by Gasteiger charge is -2.37. The smallest absolute Gasteiger partial charge is 0.265 e. The van der Waals surface area contributed by atoms with E-state index in [0.29, 0.717) is 11.4 Å². The molecule has 22 heavy (non-hydrogen) atoms. The molecule has 2 aromatic rings. The second kappa shape index (κ2) is 6.18. The van der Waals surface area contributed by atoms with Crippen LogP contribution in [0.1, 0.15) is 35.9 Å². The Morgan fingerprint density at radius 1 is 1.45 bits per heavy atom. The first-order valence-electron chi connectivity index (χ1n) is 7.50. The van der Waals surface area contributed by atoms with Crippen molar-refractivity contribution in [2.75, 3.05) is 6.54 Å². The molecule has 2 atom stereocenters. The number of nitrogens with zero attached hydrogens (tertiary/aromatic N) is 4. The molecule has 6 nitrogen and oxygen atoms in total. The van der Waals surface area contributed by atoms with Gasteiger partial charge in [-0.05, 0) is 26.2 Å². The third-order valence-electron chi connectivity index (χ3n) is 4.04. The van der Waals surface area contributed by atoms with E-state index in [2.05, 4.69) is 10.1 Å². The van der Waals surface area contributed by atoms with Crippen molar-refractivity contribution in [2.45, 2.75) is 38.3 Å². The van der Waals surface area contributed by atoms with Gasteiger partial charge in [0.05, 0.1) is 24.5 Å². The van der Waals surface area contributed by atoms with Crippen molar-refractivity contribution in [3.8, 4) is 10.6 Å². The van der Waals surface area contributed by atoms with E-state index in [1.807, 2.05) is 13.2 Å². The highest BCUT2D eigenvalue weighted by molar-refractivity contribution is 7.16. The highest BCUT2D eigenvalue weighted by atomic mass is 32.1. The molecular formula is C15H20N4O2S. The number of amides is 1. The molecule has 0 saturated carbocycles. The molecule has 1 saturated heterocycles. The second-order valence-corrected chi connectivity index (χ2v) is 6.77. The first-order valence-corrected chi connectivity index (χ1v) is 8.32. The lowest BCUT2D eigenvalue weighted by molar-refractivity contribution is 0.0284. The van der Waals surface area contributed by atoms with E-state index in [4.69, 9.17) is 0 Å². The number of aliphatic hydroxyl groups excluding tert-OH is 1. The summed E-state index contributed by atoms with van der Waals surface area (Å²) in [4.78, 5) is 19.5. The zero-order valence-corrected chi connectivity index (χ0v) is 13.6. The Hall–Kier alpha value is -1.73. The van der Waals surface area contributed by atoms with Crippen molar-refractivity contribution in [3.05, 3.63) is 23.5 Å². The van der Waals surface area contributed by atoms with Gasteiger partial charge in [0, 0.05) is 25.4 Å². The van der Waals surface area contributed by atoms with E-state index in [1.54, 1.807) is 28.9 Å². The average molecular weight is 320 g/mol. The largest absolute Gasteiger partial charge is 0.391 e. The van der Waals surface area contributed by atoms with Gasteiger partial charge in [-0.3, -0.25) is 9.48 Å². The van der Waals surface area contributed by atoms with Gasteiger partial charge in [0.25, 0.3) is 5.91 Å². The number of likely N-dealkylation sites (tertiary alicyclic amines) is 1. The van der Waals surface area contributed by atoms with Crippen LogP contribution in [0.5, 0.6) is 0 Å². The van der Waals surface area contributed by atoms with Crippen LogP contribution in [0, 0.1) is 0 Å². The van der Waals surface area contributed by atoms with Crippen LogP contribution < -0.4 is 0 Å². The minimum atomic E-state index is -0.505. The predicted molar refractivity (Wildman–Crippen MR) is 84.7 cm³/mol. The van der Waals surface area contributed by atoms with Gasteiger partial charge >= 0.3 is 0 Å². The van der Waals surface area contributed by atoms with E-state index >= 15 is 0 Å². The topological polar surface area (TPSA) is 71.2 Å². The summed E-state index contributed by atoms with van der Waals surface area (Å²) in [5, 5.41) is 14.8. The standard InChI is InChI=1S/C15H20N4O2S/c1-10(20)12-5-3-4-6-19(12)15(21)13-8-16-14(22-13)11-7-17-18(2)9-11/h7-10,12,20H,3-6H2,1-2H3. The fourth-order valence-corrected chi connectivity index (χ4v) is 3.74.